The molecule has 0 fully saturated rings. The van der Waals surface area contributed by atoms with Crippen LogP contribution in [0.3, 0.4) is 0 Å². The van der Waals surface area contributed by atoms with Gasteiger partial charge in [0.05, 0.1) is 11.1 Å². The van der Waals surface area contributed by atoms with E-state index in [4.69, 9.17) is 0 Å². The molecule has 0 saturated carbocycles. The van der Waals surface area contributed by atoms with Gasteiger partial charge in [-0.15, -0.1) is 11.3 Å². The summed E-state index contributed by atoms with van der Waals surface area (Å²) in [4.78, 5) is 21.8. The van der Waals surface area contributed by atoms with Gasteiger partial charge in [0.1, 0.15) is 9.21 Å². The Hall–Kier alpha value is -0.790. The van der Waals surface area contributed by atoms with Crippen LogP contribution in [0.5, 0.6) is 0 Å². The standard InChI is InChI=1S/C10H7Br2N3OS/c1-5-2-3-6(17-5)10(16)15-9-8(12)14-7(11)4-13-9/h2-4H,1H3,(H,13,15,16). The van der Waals surface area contributed by atoms with Gasteiger partial charge in [0.25, 0.3) is 5.91 Å². The Morgan fingerprint density at radius 1 is 1.41 bits per heavy atom. The second-order valence-electron chi connectivity index (χ2n) is 3.20. The van der Waals surface area contributed by atoms with Crippen molar-refractivity contribution in [3.05, 3.63) is 37.3 Å². The van der Waals surface area contributed by atoms with Crippen molar-refractivity contribution in [2.24, 2.45) is 0 Å². The van der Waals surface area contributed by atoms with Crippen molar-refractivity contribution in [3.8, 4) is 0 Å². The Balaban J connectivity index is 2.18. The molecule has 2 aromatic heterocycles. The first-order valence-electron chi connectivity index (χ1n) is 4.62. The van der Waals surface area contributed by atoms with Crippen molar-refractivity contribution in [3.63, 3.8) is 0 Å². The quantitative estimate of drug-likeness (QED) is 0.870. The van der Waals surface area contributed by atoms with Gasteiger partial charge in [0, 0.05) is 4.88 Å². The molecule has 4 nitrogen and oxygen atoms in total. The van der Waals surface area contributed by atoms with Crippen molar-refractivity contribution in [2.45, 2.75) is 6.92 Å². The Morgan fingerprint density at radius 3 is 2.76 bits per heavy atom. The molecular formula is C10H7Br2N3OS. The van der Waals surface area contributed by atoms with Crippen LogP contribution in [-0.2, 0) is 0 Å². The number of hydrogen-bond acceptors (Lipinski definition) is 4. The molecule has 0 aliphatic carbocycles. The number of rotatable bonds is 2. The van der Waals surface area contributed by atoms with Crippen LogP contribution in [0.1, 0.15) is 14.5 Å². The van der Waals surface area contributed by atoms with E-state index < -0.39 is 0 Å². The van der Waals surface area contributed by atoms with Crippen LogP contribution in [0.4, 0.5) is 5.82 Å². The molecule has 0 aliphatic heterocycles. The van der Waals surface area contributed by atoms with Gasteiger partial charge >= 0.3 is 0 Å². The zero-order chi connectivity index (χ0) is 12.4. The number of nitrogens with zero attached hydrogens (tertiary/aromatic N) is 2. The Labute approximate surface area is 119 Å². The average Bonchev–Trinajstić information content (AvgIpc) is 2.69. The maximum absolute atomic E-state index is 11.9. The lowest BCUT2D eigenvalue weighted by Crippen LogP contribution is -2.12. The van der Waals surface area contributed by atoms with Crippen LogP contribution in [-0.4, -0.2) is 15.9 Å². The van der Waals surface area contributed by atoms with E-state index in [0.717, 1.165) is 4.88 Å². The average molecular weight is 377 g/mol. The molecular weight excluding hydrogens is 370 g/mol. The predicted octanol–water partition coefficient (Wildman–Crippen LogP) is 3.62. The fourth-order valence-corrected chi connectivity index (χ4v) is 2.83. The highest BCUT2D eigenvalue weighted by molar-refractivity contribution is 9.11. The summed E-state index contributed by atoms with van der Waals surface area (Å²) < 4.78 is 1.10. The summed E-state index contributed by atoms with van der Waals surface area (Å²) in [5.41, 5.74) is 0. The van der Waals surface area contributed by atoms with Gasteiger partial charge in [-0.05, 0) is 50.9 Å². The van der Waals surface area contributed by atoms with E-state index in [0.29, 0.717) is 19.9 Å². The lowest BCUT2D eigenvalue weighted by Gasteiger charge is -2.04. The van der Waals surface area contributed by atoms with Gasteiger partial charge < -0.3 is 5.32 Å². The van der Waals surface area contributed by atoms with E-state index in [2.05, 4.69) is 47.1 Å². The predicted molar refractivity (Wildman–Crippen MR) is 74.4 cm³/mol. The van der Waals surface area contributed by atoms with E-state index in [9.17, 15) is 4.79 Å². The third-order valence-corrected chi connectivity index (χ3v) is 3.83. The summed E-state index contributed by atoms with van der Waals surface area (Å²) in [7, 11) is 0. The van der Waals surface area contributed by atoms with Crippen LogP contribution in [0.15, 0.2) is 27.5 Å². The summed E-state index contributed by atoms with van der Waals surface area (Å²) in [6.07, 6.45) is 1.53. The summed E-state index contributed by atoms with van der Waals surface area (Å²) in [5.74, 6) is 0.227. The molecule has 0 atom stereocenters. The minimum Gasteiger partial charge on any atom is -0.304 e. The molecule has 0 bridgehead atoms. The van der Waals surface area contributed by atoms with E-state index in [1.807, 2.05) is 13.0 Å². The molecule has 0 spiro atoms. The minimum atomic E-state index is -0.180. The zero-order valence-electron chi connectivity index (χ0n) is 8.70. The third kappa shape index (κ3) is 3.11. The number of hydrogen-bond donors (Lipinski definition) is 1. The third-order valence-electron chi connectivity index (χ3n) is 1.90. The number of thiophene rings is 1. The van der Waals surface area contributed by atoms with E-state index >= 15 is 0 Å². The smallest absolute Gasteiger partial charge is 0.266 e. The van der Waals surface area contributed by atoms with Crippen molar-refractivity contribution in [1.82, 2.24) is 9.97 Å². The monoisotopic (exact) mass is 375 g/mol. The first-order valence-corrected chi connectivity index (χ1v) is 7.02. The lowest BCUT2D eigenvalue weighted by molar-refractivity contribution is 0.103. The van der Waals surface area contributed by atoms with Crippen molar-refractivity contribution in [1.29, 1.82) is 0 Å². The highest BCUT2D eigenvalue weighted by atomic mass is 79.9. The maximum Gasteiger partial charge on any atom is 0.266 e. The van der Waals surface area contributed by atoms with Crippen LogP contribution in [0, 0.1) is 6.92 Å². The molecule has 0 radical (unpaired) electrons. The summed E-state index contributed by atoms with van der Waals surface area (Å²) in [6.45, 7) is 1.96. The number of nitrogens with one attached hydrogen (secondary N) is 1. The summed E-state index contributed by atoms with van der Waals surface area (Å²) >= 11 is 7.87. The number of aryl methyl sites for hydroxylation is 1. The van der Waals surface area contributed by atoms with Crippen LogP contribution < -0.4 is 5.32 Å². The zero-order valence-corrected chi connectivity index (χ0v) is 12.7. The SMILES string of the molecule is Cc1ccc(C(=O)Nc2ncc(Br)nc2Br)s1. The van der Waals surface area contributed by atoms with E-state index in [-0.39, 0.29) is 5.91 Å². The van der Waals surface area contributed by atoms with Crippen molar-refractivity contribution < 1.29 is 4.79 Å². The second kappa shape index (κ2) is 5.24. The van der Waals surface area contributed by atoms with Crippen LogP contribution in [0.2, 0.25) is 0 Å². The molecule has 2 rings (SSSR count). The van der Waals surface area contributed by atoms with Gasteiger partial charge in [0.15, 0.2) is 5.82 Å². The number of carbonyl (C=O) groups is 1. The molecule has 0 saturated heterocycles. The molecule has 88 valence electrons. The molecule has 1 amide bonds. The van der Waals surface area contributed by atoms with Gasteiger partial charge in [-0.2, -0.15) is 0 Å². The van der Waals surface area contributed by atoms with E-state index in [1.165, 1.54) is 17.5 Å². The van der Waals surface area contributed by atoms with Crippen molar-refractivity contribution in [2.75, 3.05) is 5.32 Å². The van der Waals surface area contributed by atoms with Crippen LogP contribution >= 0.6 is 43.2 Å². The fourth-order valence-electron chi connectivity index (χ4n) is 1.16. The van der Waals surface area contributed by atoms with Crippen LogP contribution in [0.25, 0.3) is 0 Å². The second-order valence-corrected chi connectivity index (χ2v) is 6.05. The largest absolute Gasteiger partial charge is 0.304 e. The maximum atomic E-state index is 11.9. The van der Waals surface area contributed by atoms with Gasteiger partial charge in [-0.25, -0.2) is 9.97 Å². The fraction of sp³-hybridized carbons (Fsp3) is 0.100. The molecule has 1 N–H and O–H groups in total. The highest BCUT2D eigenvalue weighted by Gasteiger charge is 2.11. The molecule has 17 heavy (non-hydrogen) atoms. The molecule has 7 heteroatoms. The van der Waals surface area contributed by atoms with Gasteiger partial charge in [-0.3, -0.25) is 4.79 Å². The Kier molecular flexibility index (Phi) is 3.90. The first-order chi connectivity index (χ1) is 8.06. The number of halogens is 2. The molecule has 0 unspecified atom stereocenters. The van der Waals surface area contributed by atoms with Gasteiger partial charge in [-0.1, -0.05) is 0 Å². The number of carbonyl (C=O) groups excluding carboxylic acids is 1. The molecule has 0 aromatic carbocycles. The summed E-state index contributed by atoms with van der Waals surface area (Å²) in [5, 5.41) is 2.70. The Morgan fingerprint density at radius 2 is 2.18 bits per heavy atom. The summed E-state index contributed by atoms with van der Waals surface area (Å²) in [6, 6.07) is 3.69. The molecule has 2 heterocycles. The number of aromatic nitrogens is 2. The number of amides is 1. The first kappa shape index (κ1) is 12.7. The molecule has 2 aromatic rings. The topological polar surface area (TPSA) is 54.9 Å². The Bertz CT molecular complexity index is 570. The minimum absolute atomic E-state index is 0.180. The molecule has 0 aliphatic rings. The highest BCUT2D eigenvalue weighted by Crippen LogP contribution is 2.21. The van der Waals surface area contributed by atoms with Gasteiger partial charge in [0.2, 0.25) is 0 Å². The normalized spacial score (nSPS) is 10.3. The lowest BCUT2D eigenvalue weighted by atomic mass is 10.4. The van der Waals surface area contributed by atoms with Crippen molar-refractivity contribution >= 4 is 54.9 Å². The van der Waals surface area contributed by atoms with E-state index in [1.54, 1.807) is 6.07 Å². The number of anilines is 1.